The Balaban J connectivity index is 2.72. The lowest BCUT2D eigenvalue weighted by Crippen LogP contribution is -2.24. The molecule has 0 spiro atoms. The number of hydrogen-bond donors (Lipinski definition) is 0. The summed E-state index contributed by atoms with van der Waals surface area (Å²) in [7, 11) is 8.45. The molecule has 0 aliphatic carbocycles. The van der Waals surface area contributed by atoms with Gasteiger partial charge in [-0.05, 0) is 19.1 Å². The standard InChI is InChI=1S/C14H18BNO6/c1-9(7-19-2)21-13(17)10-5-4-6-11(16-10)14(18)22-12(15)8-20-3/h4-6,9,12H,7-8H2,1-3H3/t9-,12+/m1/s1. The zero-order valence-electron chi connectivity index (χ0n) is 12.8. The molecule has 22 heavy (non-hydrogen) atoms. The Kier molecular flexibility index (Phi) is 7.55. The molecule has 0 bridgehead atoms. The van der Waals surface area contributed by atoms with Crippen LogP contribution in [0, 0.1) is 0 Å². The maximum absolute atomic E-state index is 11.9. The van der Waals surface area contributed by atoms with Crippen LogP contribution in [0.3, 0.4) is 0 Å². The number of hydrogen-bond acceptors (Lipinski definition) is 7. The van der Waals surface area contributed by atoms with Gasteiger partial charge >= 0.3 is 11.9 Å². The lowest BCUT2D eigenvalue weighted by molar-refractivity contribution is 0.0114. The molecule has 0 unspecified atom stereocenters. The van der Waals surface area contributed by atoms with Crippen molar-refractivity contribution in [2.75, 3.05) is 27.4 Å². The van der Waals surface area contributed by atoms with Crippen molar-refractivity contribution in [1.29, 1.82) is 0 Å². The van der Waals surface area contributed by atoms with Gasteiger partial charge in [-0.15, -0.1) is 0 Å². The molecule has 2 atom stereocenters. The summed E-state index contributed by atoms with van der Waals surface area (Å²) in [5.74, 6) is -1.40. The predicted molar refractivity (Wildman–Crippen MR) is 77.8 cm³/mol. The fraction of sp³-hybridized carbons (Fsp3) is 0.500. The van der Waals surface area contributed by atoms with Crippen molar-refractivity contribution < 1.29 is 28.5 Å². The van der Waals surface area contributed by atoms with Gasteiger partial charge in [0.25, 0.3) is 0 Å². The van der Waals surface area contributed by atoms with Crippen molar-refractivity contribution in [3.63, 3.8) is 0 Å². The second-order valence-electron chi connectivity index (χ2n) is 4.48. The maximum atomic E-state index is 11.9. The quantitative estimate of drug-likeness (QED) is 0.513. The summed E-state index contributed by atoms with van der Waals surface area (Å²) in [5.41, 5.74) is -0.0434. The molecule has 118 valence electrons. The highest BCUT2D eigenvalue weighted by Gasteiger charge is 2.18. The molecule has 0 N–H and O–H groups in total. The number of carbonyl (C=O) groups is 2. The molecule has 1 aromatic heterocycles. The van der Waals surface area contributed by atoms with E-state index >= 15 is 0 Å². The molecule has 0 aromatic carbocycles. The highest BCUT2D eigenvalue weighted by Crippen LogP contribution is 2.06. The average Bonchev–Trinajstić information content (AvgIpc) is 2.47. The molecule has 0 aliphatic heterocycles. The number of esters is 2. The van der Waals surface area contributed by atoms with Crippen LogP contribution in [0.1, 0.15) is 27.9 Å². The van der Waals surface area contributed by atoms with E-state index in [4.69, 9.17) is 26.8 Å². The van der Waals surface area contributed by atoms with Crippen LogP contribution in [-0.4, -0.2) is 64.3 Å². The van der Waals surface area contributed by atoms with Crippen molar-refractivity contribution in [1.82, 2.24) is 4.98 Å². The summed E-state index contributed by atoms with van der Waals surface area (Å²) in [6, 6.07) is 3.45. The van der Waals surface area contributed by atoms with Gasteiger partial charge < -0.3 is 18.9 Å². The Morgan fingerprint density at radius 3 is 2.18 bits per heavy atom. The van der Waals surface area contributed by atoms with E-state index in [1.807, 2.05) is 0 Å². The summed E-state index contributed by atoms with van der Waals surface area (Å²) in [6.07, 6.45) is -0.426. The second kappa shape index (κ2) is 9.17. The topological polar surface area (TPSA) is 84.0 Å². The molecule has 2 radical (unpaired) electrons. The molecular weight excluding hydrogens is 289 g/mol. The molecule has 1 aromatic rings. The minimum Gasteiger partial charge on any atom is -0.466 e. The summed E-state index contributed by atoms with van der Waals surface area (Å²) >= 11 is 0. The third-order valence-electron chi connectivity index (χ3n) is 2.47. The van der Waals surface area contributed by atoms with Gasteiger partial charge in [0.15, 0.2) is 0 Å². The van der Waals surface area contributed by atoms with E-state index in [9.17, 15) is 9.59 Å². The Bertz CT molecular complexity index is 469. The molecule has 1 heterocycles. The monoisotopic (exact) mass is 307 g/mol. The number of pyridine rings is 1. The summed E-state index contributed by atoms with van der Waals surface area (Å²) in [6.45, 7) is 2.00. The van der Waals surface area contributed by atoms with Crippen molar-refractivity contribution >= 4 is 19.8 Å². The van der Waals surface area contributed by atoms with E-state index in [1.165, 1.54) is 32.4 Å². The van der Waals surface area contributed by atoms with Gasteiger partial charge in [0.05, 0.1) is 19.2 Å². The van der Waals surface area contributed by atoms with Crippen LogP contribution in [0.25, 0.3) is 0 Å². The first-order chi connectivity index (χ1) is 10.5. The Morgan fingerprint density at radius 2 is 1.64 bits per heavy atom. The van der Waals surface area contributed by atoms with E-state index in [0.29, 0.717) is 0 Å². The highest BCUT2D eigenvalue weighted by atomic mass is 16.6. The number of ether oxygens (including phenoxy) is 4. The molecule has 0 amide bonds. The van der Waals surface area contributed by atoms with Gasteiger partial charge in [0.1, 0.15) is 25.3 Å². The van der Waals surface area contributed by atoms with Gasteiger partial charge in [-0.2, -0.15) is 0 Å². The lowest BCUT2D eigenvalue weighted by atomic mass is 10.0. The molecule has 1 rings (SSSR count). The Morgan fingerprint density at radius 1 is 1.09 bits per heavy atom. The molecular formula is C14H18BNO6. The summed E-state index contributed by atoms with van der Waals surface area (Å²) in [5, 5.41) is 0. The lowest BCUT2D eigenvalue weighted by Gasteiger charge is -2.13. The summed E-state index contributed by atoms with van der Waals surface area (Å²) in [4.78, 5) is 27.6. The number of rotatable bonds is 8. The zero-order chi connectivity index (χ0) is 16.5. The molecule has 8 heteroatoms. The fourth-order valence-corrected chi connectivity index (χ4v) is 1.57. The number of carbonyl (C=O) groups excluding carboxylic acids is 2. The van der Waals surface area contributed by atoms with E-state index < -0.39 is 24.0 Å². The third kappa shape index (κ3) is 5.83. The van der Waals surface area contributed by atoms with E-state index in [2.05, 4.69) is 4.98 Å². The van der Waals surface area contributed by atoms with Crippen LogP contribution >= 0.6 is 0 Å². The van der Waals surface area contributed by atoms with Gasteiger partial charge in [0, 0.05) is 14.2 Å². The molecule has 0 saturated heterocycles. The van der Waals surface area contributed by atoms with Crippen molar-refractivity contribution in [3.8, 4) is 0 Å². The van der Waals surface area contributed by atoms with E-state index in [0.717, 1.165) is 0 Å². The minimum atomic E-state index is -0.906. The highest BCUT2D eigenvalue weighted by molar-refractivity contribution is 6.12. The van der Waals surface area contributed by atoms with Crippen LogP contribution in [0.2, 0.25) is 0 Å². The van der Waals surface area contributed by atoms with Gasteiger partial charge in [-0.1, -0.05) is 6.07 Å². The van der Waals surface area contributed by atoms with Crippen LogP contribution in [0.15, 0.2) is 18.2 Å². The summed E-state index contributed by atoms with van der Waals surface area (Å²) < 4.78 is 19.7. The van der Waals surface area contributed by atoms with Crippen LogP contribution < -0.4 is 0 Å². The molecule has 7 nitrogen and oxygen atoms in total. The molecule has 0 aliphatic rings. The second-order valence-corrected chi connectivity index (χ2v) is 4.48. The fourth-order valence-electron chi connectivity index (χ4n) is 1.57. The number of methoxy groups -OCH3 is 2. The normalized spacial score (nSPS) is 13.2. The van der Waals surface area contributed by atoms with Crippen LogP contribution in [0.4, 0.5) is 0 Å². The number of nitrogens with zero attached hydrogens (tertiary/aromatic N) is 1. The maximum Gasteiger partial charge on any atom is 0.357 e. The van der Waals surface area contributed by atoms with Crippen LogP contribution in [0.5, 0.6) is 0 Å². The van der Waals surface area contributed by atoms with Crippen molar-refractivity contribution in [2.45, 2.75) is 19.0 Å². The first-order valence-electron chi connectivity index (χ1n) is 6.60. The average molecular weight is 307 g/mol. The molecule has 0 saturated carbocycles. The molecule has 0 fully saturated rings. The third-order valence-corrected chi connectivity index (χ3v) is 2.47. The first-order valence-corrected chi connectivity index (χ1v) is 6.60. The van der Waals surface area contributed by atoms with Crippen molar-refractivity contribution in [3.05, 3.63) is 29.6 Å². The van der Waals surface area contributed by atoms with Gasteiger partial charge in [-0.25, -0.2) is 14.6 Å². The Labute approximate surface area is 130 Å². The van der Waals surface area contributed by atoms with Crippen molar-refractivity contribution in [2.24, 2.45) is 0 Å². The Hall–Kier alpha value is -1.93. The van der Waals surface area contributed by atoms with E-state index in [-0.39, 0.29) is 24.6 Å². The first kappa shape index (κ1) is 18.1. The smallest absolute Gasteiger partial charge is 0.357 e. The van der Waals surface area contributed by atoms with E-state index in [1.54, 1.807) is 6.92 Å². The van der Waals surface area contributed by atoms with Gasteiger partial charge in [0.2, 0.25) is 0 Å². The van der Waals surface area contributed by atoms with Crippen LogP contribution in [-0.2, 0) is 18.9 Å². The number of aromatic nitrogens is 1. The SMILES string of the molecule is [B][C@H](COC)OC(=O)c1cccc(C(=O)O[C@H](C)COC)n1. The largest absolute Gasteiger partial charge is 0.466 e. The van der Waals surface area contributed by atoms with Gasteiger partial charge in [-0.3, -0.25) is 0 Å². The predicted octanol–water partition coefficient (Wildman–Crippen LogP) is 0.571. The zero-order valence-corrected chi connectivity index (χ0v) is 12.8. The minimum absolute atomic E-state index is 0.00211.